The second-order valence-corrected chi connectivity index (χ2v) is 11.0. The number of fused-ring (bicyclic) bond motifs is 1. The summed E-state index contributed by atoms with van der Waals surface area (Å²) in [5.74, 6) is 0.351. The van der Waals surface area contributed by atoms with E-state index in [9.17, 15) is 14.0 Å². The number of likely N-dealkylation sites (tertiary alicyclic amines) is 2. The quantitative estimate of drug-likeness (QED) is 0.489. The number of hydrogen-bond acceptors (Lipinski definition) is 8. The Morgan fingerprint density at radius 2 is 1.97 bits per heavy atom. The van der Waals surface area contributed by atoms with E-state index < -0.39 is 17.8 Å². The third-order valence-electron chi connectivity index (χ3n) is 7.72. The molecule has 0 bridgehead atoms. The van der Waals surface area contributed by atoms with E-state index in [0.29, 0.717) is 24.9 Å². The first kappa shape index (κ1) is 27.2. The summed E-state index contributed by atoms with van der Waals surface area (Å²) in [4.78, 5) is 31.9. The van der Waals surface area contributed by atoms with Gasteiger partial charge in [0.25, 0.3) is 5.91 Å². The number of carbonyl (C=O) groups is 2. The Balaban J connectivity index is 1.15. The molecule has 0 aromatic carbocycles. The molecule has 39 heavy (non-hydrogen) atoms. The van der Waals surface area contributed by atoms with Gasteiger partial charge >= 0.3 is 6.09 Å². The number of nitrogens with one attached hydrogen (secondary N) is 2. The number of nitrogens with zero attached hydrogens (tertiary/aromatic N) is 5. The minimum Gasteiger partial charge on any atom is -0.473 e. The van der Waals surface area contributed by atoms with E-state index in [1.807, 2.05) is 16.8 Å². The molecule has 1 atom stereocenters. The fraction of sp³-hybridized carbons (Fsp3) is 0.630. The van der Waals surface area contributed by atoms with Crippen LogP contribution in [0.2, 0.25) is 0 Å². The van der Waals surface area contributed by atoms with Crippen molar-refractivity contribution in [3.8, 4) is 5.88 Å². The van der Waals surface area contributed by atoms with Gasteiger partial charge in [-0.25, -0.2) is 9.18 Å². The average molecular weight is 544 g/mol. The Morgan fingerprint density at radius 1 is 1.21 bits per heavy atom. The van der Waals surface area contributed by atoms with Gasteiger partial charge in [0.1, 0.15) is 18.0 Å². The molecule has 0 unspecified atom stereocenters. The highest BCUT2D eigenvalue weighted by Gasteiger charge is 2.36. The molecule has 2 N–H and O–H groups in total. The highest BCUT2D eigenvalue weighted by Crippen LogP contribution is 2.27. The van der Waals surface area contributed by atoms with Crippen molar-refractivity contribution >= 4 is 23.5 Å². The zero-order chi connectivity index (χ0) is 27.5. The largest absolute Gasteiger partial charge is 0.473 e. The van der Waals surface area contributed by atoms with Gasteiger partial charge in [0.05, 0.1) is 19.3 Å². The maximum absolute atomic E-state index is 13.0. The number of carbonyl (C=O) groups excluding carboxylic acids is 2. The number of rotatable bonds is 8. The van der Waals surface area contributed by atoms with Crippen molar-refractivity contribution in [1.82, 2.24) is 29.7 Å². The highest BCUT2D eigenvalue weighted by molar-refractivity contribution is 5.91. The molecule has 3 fully saturated rings. The maximum atomic E-state index is 13.0. The molecule has 3 aliphatic rings. The topological polar surface area (TPSA) is 113 Å². The van der Waals surface area contributed by atoms with Gasteiger partial charge < -0.3 is 29.9 Å². The third-order valence-corrected chi connectivity index (χ3v) is 7.72. The highest BCUT2D eigenvalue weighted by atomic mass is 19.1. The molecule has 3 saturated heterocycles. The average Bonchev–Trinajstić information content (AvgIpc) is 3.34. The predicted molar refractivity (Wildman–Crippen MR) is 143 cm³/mol. The summed E-state index contributed by atoms with van der Waals surface area (Å²) in [6, 6.07) is 1.93. The molecule has 212 valence electrons. The Morgan fingerprint density at radius 3 is 2.64 bits per heavy atom. The second kappa shape index (κ2) is 11.8. The molecule has 0 aliphatic carbocycles. The summed E-state index contributed by atoms with van der Waals surface area (Å²) in [7, 11) is 0. The van der Waals surface area contributed by atoms with Crippen LogP contribution in [0.5, 0.6) is 5.88 Å². The Bertz CT molecular complexity index is 1200. The van der Waals surface area contributed by atoms with E-state index in [-0.39, 0.29) is 31.2 Å². The smallest absolute Gasteiger partial charge is 0.410 e. The molecule has 0 radical (unpaired) electrons. The van der Waals surface area contributed by atoms with Gasteiger partial charge in [0.2, 0.25) is 5.88 Å². The number of anilines is 1. The van der Waals surface area contributed by atoms with E-state index in [2.05, 4.69) is 36.2 Å². The first-order chi connectivity index (χ1) is 18.8. The first-order valence-electron chi connectivity index (χ1n) is 13.9. The number of hydrogen-bond donors (Lipinski definition) is 2. The molecule has 5 heterocycles. The van der Waals surface area contributed by atoms with Crippen LogP contribution >= 0.6 is 0 Å². The minimum atomic E-state index is -0.999. The lowest BCUT2D eigenvalue weighted by molar-refractivity contribution is -0.139. The normalized spacial score (nSPS) is 20.7. The molecule has 2 aromatic heterocycles. The van der Waals surface area contributed by atoms with Crippen LogP contribution in [0.25, 0.3) is 5.65 Å². The summed E-state index contributed by atoms with van der Waals surface area (Å²) in [6.45, 7) is 11.4. The van der Waals surface area contributed by atoms with Gasteiger partial charge in [-0.15, -0.1) is 0 Å². The summed E-state index contributed by atoms with van der Waals surface area (Å²) < 4.78 is 26.5. The van der Waals surface area contributed by atoms with Crippen molar-refractivity contribution in [2.24, 2.45) is 5.92 Å². The summed E-state index contributed by atoms with van der Waals surface area (Å²) in [6.07, 6.45) is 4.95. The number of ether oxygens (including phenoxy) is 2. The molecule has 5 rings (SSSR count). The van der Waals surface area contributed by atoms with Crippen LogP contribution in [0.4, 0.5) is 15.0 Å². The summed E-state index contributed by atoms with van der Waals surface area (Å²) in [5, 5.41) is 11.5. The lowest BCUT2D eigenvalue weighted by Gasteiger charge is -2.39. The van der Waals surface area contributed by atoms with E-state index in [4.69, 9.17) is 14.5 Å². The van der Waals surface area contributed by atoms with Crippen LogP contribution in [-0.4, -0.2) is 94.4 Å². The number of aromatic nitrogens is 3. The molecular weight excluding hydrogens is 505 g/mol. The zero-order valence-corrected chi connectivity index (χ0v) is 22.7. The van der Waals surface area contributed by atoms with E-state index in [1.54, 1.807) is 4.90 Å². The molecular formula is C27H38FN7O4. The predicted octanol–water partition coefficient (Wildman–Crippen LogP) is 2.94. The van der Waals surface area contributed by atoms with E-state index in [0.717, 1.165) is 62.3 Å². The van der Waals surface area contributed by atoms with Gasteiger partial charge in [-0.2, -0.15) is 14.6 Å². The van der Waals surface area contributed by atoms with Gasteiger partial charge in [-0.1, -0.05) is 20.4 Å². The van der Waals surface area contributed by atoms with Gasteiger partial charge in [0.15, 0.2) is 11.5 Å². The van der Waals surface area contributed by atoms with Crippen molar-refractivity contribution in [2.75, 3.05) is 51.1 Å². The summed E-state index contributed by atoms with van der Waals surface area (Å²) in [5.41, 5.74) is 1.88. The molecule has 2 aromatic rings. The zero-order valence-electron chi connectivity index (χ0n) is 22.7. The van der Waals surface area contributed by atoms with Crippen molar-refractivity contribution in [1.29, 1.82) is 0 Å². The lowest BCUT2D eigenvalue weighted by Crippen LogP contribution is -2.56. The molecule has 0 spiro atoms. The molecule has 2 amide bonds. The fourth-order valence-electron chi connectivity index (χ4n) is 5.28. The monoisotopic (exact) mass is 543 g/mol. The van der Waals surface area contributed by atoms with Gasteiger partial charge in [0, 0.05) is 37.8 Å². The lowest BCUT2D eigenvalue weighted by atomic mass is 9.97. The second-order valence-electron chi connectivity index (χ2n) is 11.0. The van der Waals surface area contributed by atoms with E-state index in [1.165, 1.54) is 4.90 Å². The van der Waals surface area contributed by atoms with E-state index >= 15 is 0 Å². The maximum Gasteiger partial charge on any atom is 0.410 e. The van der Waals surface area contributed by atoms with Crippen LogP contribution in [0.15, 0.2) is 24.7 Å². The van der Waals surface area contributed by atoms with Crippen LogP contribution in [0.3, 0.4) is 0 Å². The molecule has 12 heteroatoms. The minimum absolute atomic E-state index is 0.0997. The van der Waals surface area contributed by atoms with Crippen molar-refractivity contribution < 1.29 is 23.5 Å². The standard InChI is InChI=1S/C27H38FN7O4/c1-17(2)22-14-31-35-23(11-24(32-25(22)35)38-20-5-4-8-29-13-20)30-12-19-6-9-33(10-7-19)27(37)39-21-15-34(16-21)26(36)18(3)28/h11,14,17,19-21,29-30H,3-10,12-13,15-16H2,1-2H3/t20-/m1/s1. The number of halogens is 1. The van der Waals surface area contributed by atoms with Crippen molar-refractivity contribution in [3.63, 3.8) is 0 Å². The molecule has 0 saturated carbocycles. The van der Waals surface area contributed by atoms with Crippen molar-refractivity contribution in [2.45, 2.75) is 57.7 Å². The van der Waals surface area contributed by atoms with Crippen LogP contribution in [0, 0.1) is 5.92 Å². The molecule has 3 aliphatic heterocycles. The Hall–Kier alpha value is -3.41. The fourth-order valence-corrected chi connectivity index (χ4v) is 5.28. The number of amides is 2. The Kier molecular flexibility index (Phi) is 8.20. The van der Waals surface area contributed by atoms with Gasteiger partial charge in [-0.05, 0) is 44.1 Å². The number of piperidine rings is 2. The molecule has 11 nitrogen and oxygen atoms in total. The Labute approximate surface area is 227 Å². The SMILES string of the molecule is C=C(F)C(=O)N1CC(OC(=O)N2CCC(CNc3cc(O[C@@H]4CCCNC4)nc4c(C(C)C)cnn34)CC2)C1. The van der Waals surface area contributed by atoms with Crippen LogP contribution < -0.4 is 15.4 Å². The van der Waals surface area contributed by atoms with Crippen LogP contribution in [0.1, 0.15) is 51.0 Å². The van der Waals surface area contributed by atoms with Gasteiger partial charge in [-0.3, -0.25) is 4.79 Å². The van der Waals surface area contributed by atoms with Crippen LogP contribution in [-0.2, 0) is 9.53 Å². The third kappa shape index (κ3) is 6.26. The summed E-state index contributed by atoms with van der Waals surface area (Å²) >= 11 is 0. The van der Waals surface area contributed by atoms with Crippen molar-refractivity contribution in [3.05, 3.63) is 30.2 Å². The first-order valence-corrected chi connectivity index (χ1v) is 13.9.